The quantitative estimate of drug-likeness (QED) is 0.338. The predicted octanol–water partition coefficient (Wildman–Crippen LogP) is 1.98. The van der Waals surface area contributed by atoms with E-state index in [0.29, 0.717) is 25.4 Å². The minimum atomic E-state index is -0.0653. The highest BCUT2D eigenvalue weighted by Gasteiger charge is 2.16. The van der Waals surface area contributed by atoms with Crippen LogP contribution in [0.5, 0.6) is 0 Å². The molecule has 0 atom stereocenters. The van der Waals surface area contributed by atoms with Gasteiger partial charge in [-0.3, -0.25) is 4.79 Å². The van der Waals surface area contributed by atoms with Gasteiger partial charge in [-0.1, -0.05) is 30.3 Å². The average Bonchev–Trinajstić information content (AvgIpc) is 2.88. The summed E-state index contributed by atoms with van der Waals surface area (Å²) < 4.78 is 5.25. The van der Waals surface area contributed by atoms with Gasteiger partial charge in [0.15, 0.2) is 5.78 Å². The lowest BCUT2D eigenvalue weighted by atomic mass is 10.1. The highest BCUT2D eigenvalue weighted by Crippen LogP contribution is 2.08. The van der Waals surface area contributed by atoms with E-state index in [0.717, 1.165) is 0 Å². The van der Waals surface area contributed by atoms with E-state index in [-0.39, 0.29) is 11.7 Å². The lowest BCUT2D eigenvalue weighted by Gasteiger charge is -2.03. The number of carbonyl (C=O) groups is 1. The minimum absolute atomic E-state index is 0.0653. The van der Waals surface area contributed by atoms with Crippen LogP contribution in [0.25, 0.3) is 0 Å². The molecule has 0 N–H and O–H groups in total. The van der Waals surface area contributed by atoms with Gasteiger partial charge in [-0.05, 0) is 0 Å². The van der Waals surface area contributed by atoms with Gasteiger partial charge in [-0.25, -0.2) is 9.78 Å². The van der Waals surface area contributed by atoms with Gasteiger partial charge in [0.05, 0.1) is 26.1 Å². The summed E-state index contributed by atoms with van der Waals surface area (Å²) in [5.41, 5.74) is 0.653. The van der Waals surface area contributed by atoms with E-state index in [1.54, 1.807) is 12.1 Å². The summed E-state index contributed by atoms with van der Waals surface area (Å²) >= 11 is 0. The van der Waals surface area contributed by atoms with E-state index in [1.807, 2.05) is 18.2 Å². The van der Waals surface area contributed by atoms with Crippen molar-refractivity contribution in [1.82, 2.24) is 0 Å². The molecule has 90 valence electrons. The Morgan fingerprint density at radius 1 is 1.29 bits per heavy atom. The molecule has 0 spiro atoms. The van der Waals surface area contributed by atoms with E-state index < -0.39 is 0 Å². The molecule has 1 fully saturated rings. The van der Waals surface area contributed by atoms with Gasteiger partial charge in [-0.2, -0.15) is 0 Å². The first kappa shape index (κ1) is 11.8. The molecule has 2 rings (SSSR count). The van der Waals surface area contributed by atoms with Crippen LogP contribution in [0.1, 0.15) is 10.4 Å². The van der Waals surface area contributed by atoms with Crippen LogP contribution >= 0.6 is 0 Å². The third kappa shape index (κ3) is 3.69. The topological polar surface area (TPSA) is 44.8 Å². The Labute approximate surface area is 99.7 Å². The number of ether oxygens (including phenoxy) is 1. The van der Waals surface area contributed by atoms with E-state index in [4.69, 9.17) is 14.5 Å². The molecule has 0 aromatic heterocycles. The van der Waals surface area contributed by atoms with Gasteiger partial charge in [-0.15, -0.1) is 0 Å². The molecule has 0 bridgehead atoms. The smallest absolute Gasteiger partial charge is 0.188 e. The van der Waals surface area contributed by atoms with Gasteiger partial charge in [0.2, 0.25) is 0 Å². The summed E-state index contributed by atoms with van der Waals surface area (Å²) in [6.07, 6.45) is 2.85. The Morgan fingerprint density at radius 3 is 2.71 bits per heavy atom. The van der Waals surface area contributed by atoms with Crippen LogP contribution in [0, 0.1) is 5.92 Å². The molecule has 0 saturated carbocycles. The van der Waals surface area contributed by atoms with Gasteiger partial charge in [0.1, 0.15) is 0 Å². The van der Waals surface area contributed by atoms with Crippen molar-refractivity contribution in [1.29, 1.82) is 0 Å². The summed E-state index contributed by atoms with van der Waals surface area (Å²) in [4.78, 5) is 21.1. The standard InChI is InChI=1S/C13H14O4/c14-13(12-4-2-1-3-5-12)6-7-15-8-11-9-16-17-10-11/h1-7,11H,8-10H2. The second-order valence-electron chi connectivity index (χ2n) is 3.80. The summed E-state index contributed by atoms with van der Waals surface area (Å²) in [6.45, 7) is 1.58. The molecule has 0 aliphatic carbocycles. The lowest BCUT2D eigenvalue weighted by molar-refractivity contribution is -0.248. The number of benzene rings is 1. The Balaban J connectivity index is 1.74. The maximum absolute atomic E-state index is 11.6. The molecule has 1 aromatic rings. The fourth-order valence-electron chi connectivity index (χ4n) is 1.43. The first-order valence-corrected chi connectivity index (χ1v) is 5.48. The number of rotatable bonds is 5. The molecule has 0 radical (unpaired) electrons. The highest BCUT2D eigenvalue weighted by atomic mass is 17.2. The predicted molar refractivity (Wildman–Crippen MR) is 61.3 cm³/mol. The SMILES string of the molecule is O=C(C=COCC1COOC1)c1ccccc1. The summed E-state index contributed by atoms with van der Waals surface area (Å²) in [5.74, 6) is 0.177. The molecule has 0 amide bonds. The lowest BCUT2D eigenvalue weighted by Crippen LogP contribution is -2.10. The van der Waals surface area contributed by atoms with Crippen LogP contribution in [-0.2, 0) is 14.5 Å². The van der Waals surface area contributed by atoms with Crippen molar-refractivity contribution < 1.29 is 19.3 Å². The van der Waals surface area contributed by atoms with Crippen molar-refractivity contribution in [3.63, 3.8) is 0 Å². The second-order valence-corrected chi connectivity index (χ2v) is 3.80. The Morgan fingerprint density at radius 2 is 2.00 bits per heavy atom. The van der Waals surface area contributed by atoms with Crippen molar-refractivity contribution >= 4 is 5.78 Å². The van der Waals surface area contributed by atoms with Crippen molar-refractivity contribution in [2.24, 2.45) is 5.92 Å². The maximum Gasteiger partial charge on any atom is 0.188 e. The fraction of sp³-hybridized carbons (Fsp3) is 0.308. The van der Waals surface area contributed by atoms with Crippen LogP contribution in [0.15, 0.2) is 42.7 Å². The molecule has 0 unspecified atom stereocenters. The van der Waals surface area contributed by atoms with E-state index in [1.165, 1.54) is 12.3 Å². The zero-order chi connectivity index (χ0) is 11.9. The molecule has 1 saturated heterocycles. The monoisotopic (exact) mass is 234 g/mol. The zero-order valence-corrected chi connectivity index (χ0v) is 9.37. The van der Waals surface area contributed by atoms with E-state index in [2.05, 4.69) is 0 Å². The summed E-state index contributed by atoms with van der Waals surface area (Å²) in [6, 6.07) is 9.07. The number of hydrogen-bond donors (Lipinski definition) is 0. The number of allylic oxidation sites excluding steroid dienone is 1. The van der Waals surface area contributed by atoms with Crippen molar-refractivity contribution in [2.45, 2.75) is 0 Å². The summed E-state index contributed by atoms with van der Waals surface area (Å²) in [7, 11) is 0. The van der Waals surface area contributed by atoms with Crippen molar-refractivity contribution in [2.75, 3.05) is 19.8 Å². The third-order valence-electron chi connectivity index (χ3n) is 2.40. The maximum atomic E-state index is 11.6. The molecule has 4 heteroatoms. The zero-order valence-electron chi connectivity index (χ0n) is 9.37. The minimum Gasteiger partial charge on any atom is -0.501 e. The first-order chi connectivity index (χ1) is 8.36. The largest absolute Gasteiger partial charge is 0.501 e. The van der Waals surface area contributed by atoms with Crippen LogP contribution in [0.2, 0.25) is 0 Å². The van der Waals surface area contributed by atoms with Crippen molar-refractivity contribution in [3.8, 4) is 0 Å². The van der Waals surface area contributed by atoms with Crippen LogP contribution in [-0.4, -0.2) is 25.6 Å². The van der Waals surface area contributed by atoms with E-state index in [9.17, 15) is 4.79 Å². The molecule has 1 heterocycles. The molecule has 1 aliphatic rings. The van der Waals surface area contributed by atoms with Crippen LogP contribution in [0.3, 0.4) is 0 Å². The number of carbonyl (C=O) groups excluding carboxylic acids is 1. The molecular formula is C13H14O4. The third-order valence-corrected chi connectivity index (χ3v) is 2.40. The molecule has 17 heavy (non-hydrogen) atoms. The van der Waals surface area contributed by atoms with Gasteiger partial charge in [0.25, 0.3) is 0 Å². The molecule has 1 aliphatic heterocycles. The Kier molecular flexibility index (Phi) is 4.30. The number of hydrogen-bond acceptors (Lipinski definition) is 4. The van der Waals surface area contributed by atoms with Gasteiger partial charge >= 0.3 is 0 Å². The fourth-order valence-corrected chi connectivity index (χ4v) is 1.43. The molecule has 4 nitrogen and oxygen atoms in total. The number of ketones is 1. The first-order valence-electron chi connectivity index (χ1n) is 5.48. The molecule has 1 aromatic carbocycles. The highest BCUT2D eigenvalue weighted by molar-refractivity contribution is 6.04. The van der Waals surface area contributed by atoms with Gasteiger partial charge < -0.3 is 4.74 Å². The van der Waals surface area contributed by atoms with Crippen molar-refractivity contribution in [3.05, 3.63) is 48.2 Å². The summed E-state index contributed by atoms with van der Waals surface area (Å²) in [5, 5.41) is 0. The van der Waals surface area contributed by atoms with Crippen LogP contribution < -0.4 is 0 Å². The van der Waals surface area contributed by atoms with Gasteiger partial charge in [0, 0.05) is 17.6 Å². The Hall–Kier alpha value is -1.65. The Bertz CT molecular complexity index is 380. The second kappa shape index (κ2) is 6.18. The average molecular weight is 234 g/mol. The van der Waals surface area contributed by atoms with Crippen LogP contribution in [0.4, 0.5) is 0 Å². The molecular weight excluding hydrogens is 220 g/mol. The van der Waals surface area contributed by atoms with E-state index >= 15 is 0 Å². The normalized spacial score (nSPS) is 16.5.